The van der Waals surface area contributed by atoms with Gasteiger partial charge in [-0.3, -0.25) is 9.59 Å². The molecule has 2 rings (SSSR count). The highest BCUT2D eigenvalue weighted by Gasteiger charge is 2.15. The average molecular weight is 383 g/mol. The van der Waals surface area contributed by atoms with Gasteiger partial charge in [-0.05, 0) is 64.3 Å². The van der Waals surface area contributed by atoms with Gasteiger partial charge in [0.15, 0.2) is 0 Å². The molecule has 0 saturated carbocycles. The highest BCUT2D eigenvalue weighted by atomic mass is 16.2. The van der Waals surface area contributed by atoms with Gasteiger partial charge in [0, 0.05) is 37.6 Å². The summed E-state index contributed by atoms with van der Waals surface area (Å²) in [6, 6.07) is 12.8. The summed E-state index contributed by atoms with van der Waals surface area (Å²) in [5.74, 6) is -0.344. The third-order valence-corrected chi connectivity index (χ3v) is 4.36. The summed E-state index contributed by atoms with van der Waals surface area (Å²) in [6.45, 7) is 3.49. The Morgan fingerprint density at radius 2 is 1.61 bits per heavy atom. The van der Waals surface area contributed by atoms with Crippen molar-refractivity contribution < 1.29 is 9.59 Å². The number of hydrogen-bond donors (Lipinski definition) is 2. The SMILES string of the molecule is Cc1ccc(C(=O)Nc2ccc(N(C)C)c(C(=O)NCCCN(C)C)c2)cc1. The molecule has 0 unspecified atom stereocenters. The second kappa shape index (κ2) is 9.90. The summed E-state index contributed by atoms with van der Waals surface area (Å²) in [7, 11) is 7.80. The molecule has 0 aliphatic carbocycles. The van der Waals surface area contributed by atoms with Crippen LogP contribution in [0.25, 0.3) is 0 Å². The minimum Gasteiger partial charge on any atom is -0.377 e. The smallest absolute Gasteiger partial charge is 0.255 e. The molecule has 6 nitrogen and oxygen atoms in total. The Bertz CT molecular complexity index is 814. The zero-order chi connectivity index (χ0) is 20.7. The van der Waals surface area contributed by atoms with Crippen molar-refractivity contribution in [2.75, 3.05) is 51.5 Å². The van der Waals surface area contributed by atoms with Crippen molar-refractivity contribution in [2.45, 2.75) is 13.3 Å². The Labute approximate surface area is 167 Å². The van der Waals surface area contributed by atoms with E-state index in [2.05, 4.69) is 15.5 Å². The lowest BCUT2D eigenvalue weighted by Gasteiger charge is -2.19. The number of nitrogens with zero attached hydrogens (tertiary/aromatic N) is 2. The van der Waals surface area contributed by atoms with Crippen molar-refractivity contribution in [1.82, 2.24) is 10.2 Å². The zero-order valence-electron chi connectivity index (χ0n) is 17.4. The summed E-state index contributed by atoms with van der Waals surface area (Å²) in [5, 5.41) is 5.84. The molecule has 2 N–H and O–H groups in total. The van der Waals surface area contributed by atoms with Gasteiger partial charge in [0.25, 0.3) is 11.8 Å². The van der Waals surface area contributed by atoms with E-state index in [9.17, 15) is 9.59 Å². The monoisotopic (exact) mass is 382 g/mol. The van der Waals surface area contributed by atoms with Crippen molar-refractivity contribution in [3.63, 3.8) is 0 Å². The van der Waals surface area contributed by atoms with Crippen molar-refractivity contribution in [3.8, 4) is 0 Å². The summed E-state index contributed by atoms with van der Waals surface area (Å²) in [5.41, 5.74) is 3.61. The second-order valence-corrected chi connectivity index (χ2v) is 7.36. The predicted octanol–water partition coefficient (Wildman–Crippen LogP) is 2.99. The number of carbonyl (C=O) groups is 2. The Balaban J connectivity index is 2.14. The minimum atomic E-state index is -0.199. The number of nitrogens with one attached hydrogen (secondary N) is 2. The van der Waals surface area contributed by atoms with E-state index < -0.39 is 0 Å². The molecule has 150 valence electrons. The molecule has 0 atom stereocenters. The van der Waals surface area contributed by atoms with Crippen molar-refractivity contribution in [2.24, 2.45) is 0 Å². The first-order valence-electron chi connectivity index (χ1n) is 9.40. The van der Waals surface area contributed by atoms with Gasteiger partial charge >= 0.3 is 0 Å². The number of carbonyl (C=O) groups excluding carboxylic acids is 2. The van der Waals surface area contributed by atoms with Crippen molar-refractivity contribution >= 4 is 23.2 Å². The van der Waals surface area contributed by atoms with Gasteiger partial charge in [0.1, 0.15) is 0 Å². The van der Waals surface area contributed by atoms with E-state index in [-0.39, 0.29) is 11.8 Å². The van der Waals surface area contributed by atoms with Crippen LogP contribution in [-0.2, 0) is 0 Å². The Hall–Kier alpha value is -2.86. The minimum absolute atomic E-state index is 0.145. The van der Waals surface area contributed by atoms with Crippen LogP contribution >= 0.6 is 0 Å². The van der Waals surface area contributed by atoms with Crippen LogP contribution in [0.2, 0.25) is 0 Å². The number of benzene rings is 2. The molecule has 0 spiro atoms. The lowest BCUT2D eigenvalue weighted by molar-refractivity contribution is 0.0951. The van der Waals surface area contributed by atoms with Crippen LogP contribution in [0.1, 0.15) is 32.7 Å². The Kier molecular flexibility index (Phi) is 7.58. The molecular formula is C22H30N4O2. The topological polar surface area (TPSA) is 64.7 Å². The molecule has 0 fully saturated rings. The molecule has 0 saturated heterocycles. The fourth-order valence-corrected chi connectivity index (χ4v) is 2.79. The van der Waals surface area contributed by atoms with Crippen LogP contribution in [0.3, 0.4) is 0 Å². The fraction of sp³-hybridized carbons (Fsp3) is 0.364. The van der Waals surface area contributed by atoms with E-state index in [1.54, 1.807) is 18.2 Å². The largest absolute Gasteiger partial charge is 0.377 e. The lowest BCUT2D eigenvalue weighted by Crippen LogP contribution is -2.28. The molecule has 0 aliphatic heterocycles. The number of hydrogen-bond acceptors (Lipinski definition) is 4. The number of aryl methyl sites for hydroxylation is 1. The first-order chi connectivity index (χ1) is 13.3. The number of amides is 2. The molecule has 0 aromatic heterocycles. The number of anilines is 2. The summed E-state index contributed by atoms with van der Waals surface area (Å²) in [4.78, 5) is 29.1. The van der Waals surface area contributed by atoms with E-state index in [1.165, 1.54) is 0 Å². The van der Waals surface area contributed by atoms with Crippen LogP contribution < -0.4 is 15.5 Å². The molecule has 2 aromatic carbocycles. The molecule has 0 heterocycles. The van der Waals surface area contributed by atoms with Crippen LogP contribution in [0.4, 0.5) is 11.4 Å². The van der Waals surface area contributed by atoms with Crippen molar-refractivity contribution in [3.05, 3.63) is 59.2 Å². The third-order valence-electron chi connectivity index (χ3n) is 4.36. The third kappa shape index (κ3) is 6.09. The van der Waals surface area contributed by atoms with Gasteiger partial charge < -0.3 is 20.4 Å². The summed E-state index contributed by atoms with van der Waals surface area (Å²) in [6.07, 6.45) is 0.875. The summed E-state index contributed by atoms with van der Waals surface area (Å²) < 4.78 is 0. The average Bonchev–Trinajstić information content (AvgIpc) is 2.65. The van der Waals surface area contributed by atoms with E-state index in [0.717, 1.165) is 24.2 Å². The maximum Gasteiger partial charge on any atom is 0.255 e. The van der Waals surface area contributed by atoms with E-state index in [0.29, 0.717) is 23.4 Å². The molecule has 28 heavy (non-hydrogen) atoms. The molecular weight excluding hydrogens is 352 g/mol. The zero-order valence-corrected chi connectivity index (χ0v) is 17.4. The highest BCUT2D eigenvalue weighted by molar-refractivity contribution is 6.06. The van der Waals surface area contributed by atoms with Crippen LogP contribution in [0.5, 0.6) is 0 Å². The first-order valence-corrected chi connectivity index (χ1v) is 9.40. The predicted molar refractivity (Wildman–Crippen MR) is 115 cm³/mol. The number of rotatable bonds is 8. The highest BCUT2D eigenvalue weighted by Crippen LogP contribution is 2.23. The molecule has 2 amide bonds. The van der Waals surface area contributed by atoms with Gasteiger partial charge in [0.2, 0.25) is 0 Å². The fourth-order valence-electron chi connectivity index (χ4n) is 2.79. The van der Waals surface area contributed by atoms with Crippen LogP contribution in [0, 0.1) is 6.92 Å². The first kappa shape index (κ1) is 21.4. The van der Waals surface area contributed by atoms with Crippen LogP contribution in [-0.4, -0.2) is 58.0 Å². The quantitative estimate of drug-likeness (QED) is 0.689. The van der Waals surface area contributed by atoms with Gasteiger partial charge in [-0.15, -0.1) is 0 Å². The molecule has 0 aliphatic rings. The molecule has 6 heteroatoms. The maximum atomic E-state index is 12.7. The maximum absolute atomic E-state index is 12.7. The second-order valence-electron chi connectivity index (χ2n) is 7.36. The Morgan fingerprint density at radius 3 is 2.21 bits per heavy atom. The standard InChI is InChI=1S/C22H30N4O2/c1-16-7-9-17(10-8-16)21(27)24-18-11-12-20(26(4)5)19(15-18)22(28)23-13-6-14-25(2)3/h7-12,15H,6,13-14H2,1-5H3,(H,23,28)(H,24,27). The normalized spacial score (nSPS) is 10.6. The van der Waals surface area contributed by atoms with Gasteiger partial charge in [-0.25, -0.2) is 0 Å². The van der Waals surface area contributed by atoms with Crippen LogP contribution in [0.15, 0.2) is 42.5 Å². The van der Waals surface area contributed by atoms with E-state index in [4.69, 9.17) is 0 Å². The lowest BCUT2D eigenvalue weighted by atomic mass is 10.1. The Morgan fingerprint density at radius 1 is 0.929 bits per heavy atom. The van der Waals surface area contributed by atoms with E-state index >= 15 is 0 Å². The van der Waals surface area contributed by atoms with Crippen molar-refractivity contribution in [1.29, 1.82) is 0 Å². The van der Waals surface area contributed by atoms with E-state index in [1.807, 2.05) is 64.3 Å². The molecule has 0 radical (unpaired) electrons. The molecule has 2 aromatic rings. The van der Waals surface area contributed by atoms with Gasteiger partial charge in [0.05, 0.1) is 5.56 Å². The summed E-state index contributed by atoms with van der Waals surface area (Å²) >= 11 is 0. The van der Waals surface area contributed by atoms with Gasteiger partial charge in [-0.1, -0.05) is 17.7 Å². The molecule has 0 bridgehead atoms. The van der Waals surface area contributed by atoms with Gasteiger partial charge in [-0.2, -0.15) is 0 Å².